The summed E-state index contributed by atoms with van der Waals surface area (Å²) >= 11 is 1.34. The molecule has 0 aliphatic rings. The number of rotatable bonds is 6. The van der Waals surface area contributed by atoms with Crippen LogP contribution in [0.4, 0.5) is 0 Å². The zero-order chi connectivity index (χ0) is 16.9. The van der Waals surface area contributed by atoms with Crippen LogP contribution in [0.2, 0.25) is 0 Å². The summed E-state index contributed by atoms with van der Waals surface area (Å²) < 4.78 is 0. The normalized spacial score (nSPS) is 12.2. The summed E-state index contributed by atoms with van der Waals surface area (Å²) in [5, 5.41) is 13.6. The van der Waals surface area contributed by atoms with Crippen LogP contribution in [0.3, 0.4) is 0 Å². The highest BCUT2D eigenvalue weighted by atomic mass is 32.2. The Morgan fingerprint density at radius 3 is 2.75 bits per heavy atom. The molecule has 0 saturated carbocycles. The van der Waals surface area contributed by atoms with Crippen LogP contribution in [-0.4, -0.2) is 33.3 Å². The lowest BCUT2D eigenvalue weighted by atomic mass is 10.1. The molecule has 0 radical (unpaired) electrons. The zero-order valence-corrected chi connectivity index (χ0v) is 14.1. The molecule has 2 aromatic carbocycles. The Balaban J connectivity index is 1.47. The molecule has 24 heavy (non-hydrogen) atoms. The molecule has 0 bridgehead atoms. The molecule has 1 unspecified atom stereocenters. The van der Waals surface area contributed by atoms with E-state index in [1.165, 1.54) is 11.8 Å². The summed E-state index contributed by atoms with van der Waals surface area (Å²) in [5.74, 6) is 0.118. The lowest BCUT2D eigenvalue weighted by Gasteiger charge is -2.12. The monoisotopic (exact) mass is 341 g/mol. The van der Waals surface area contributed by atoms with Gasteiger partial charge in [0.2, 0.25) is 5.91 Å². The van der Waals surface area contributed by atoms with Crippen molar-refractivity contribution in [2.75, 3.05) is 12.3 Å². The van der Waals surface area contributed by atoms with E-state index in [0.717, 1.165) is 22.2 Å². The number of aryl methyl sites for hydroxylation is 1. The van der Waals surface area contributed by atoms with Crippen molar-refractivity contribution in [3.05, 3.63) is 59.7 Å². The maximum absolute atomic E-state index is 11.9. The van der Waals surface area contributed by atoms with Crippen LogP contribution in [0.25, 0.3) is 11.0 Å². The number of fused-ring (bicyclic) bond motifs is 1. The Hall–Kier alpha value is -2.31. The number of thioether (sulfide) groups is 1. The summed E-state index contributed by atoms with van der Waals surface area (Å²) in [6.45, 7) is 2.19. The van der Waals surface area contributed by atoms with Gasteiger partial charge in [0, 0.05) is 6.54 Å². The molecule has 0 spiro atoms. The fraction of sp³-hybridized carbons (Fsp3) is 0.222. The molecule has 3 aromatic rings. The van der Waals surface area contributed by atoms with Gasteiger partial charge < -0.3 is 15.4 Å². The highest BCUT2D eigenvalue weighted by molar-refractivity contribution is 7.99. The first-order chi connectivity index (χ1) is 11.6. The summed E-state index contributed by atoms with van der Waals surface area (Å²) in [4.78, 5) is 19.5. The Morgan fingerprint density at radius 2 is 2.00 bits per heavy atom. The SMILES string of the molecule is Cc1ccc(C(O)CNC(=O)CSc2nc3ccccc3[nH]2)cc1. The van der Waals surface area contributed by atoms with E-state index in [1.807, 2.05) is 55.5 Å². The predicted octanol–water partition coefficient (Wildman–Crippen LogP) is 2.81. The quantitative estimate of drug-likeness (QED) is 0.603. The van der Waals surface area contributed by atoms with Crippen molar-refractivity contribution in [3.63, 3.8) is 0 Å². The molecule has 0 saturated heterocycles. The molecular weight excluding hydrogens is 322 g/mol. The minimum atomic E-state index is -0.703. The Morgan fingerprint density at radius 1 is 1.25 bits per heavy atom. The van der Waals surface area contributed by atoms with E-state index in [-0.39, 0.29) is 18.2 Å². The number of aliphatic hydroxyl groups excluding tert-OH is 1. The van der Waals surface area contributed by atoms with E-state index < -0.39 is 6.10 Å². The summed E-state index contributed by atoms with van der Waals surface area (Å²) in [6, 6.07) is 15.4. The third-order valence-corrected chi connectivity index (χ3v) is 4.54. The molecule has 0 aliphatic heterocycles. The van der Waals surface area contributed by atoms with Crippen LogP contribution < -0.4 is 5.32 Å². The van der Waals surface area contributed by atoms with E-state index in [2.05, 4.69) is 15.3 Å². The first kappa shape index (κ1) is 16.5. The van der Waals surface area contributed by atoms with Crippen LogP contribution in [0.1, 0.15) is 17.2 Å². The molecule has 1 aromatic heterocycles. The maximum Gasteiger partial charge on any atom is 0.230 e. The number of aromatic nitrogens is 2. The van der Waals surface area contributed by atoms with Crippen LogP contribution >= 0.6 is 11.8 Å². The standard InChI is InChI=1S/C18H19N3O2S/c1-12-6-8-13(9-7-12)16(22)10-19-17(23)11-24-18-20-14-4-2-3-5-15(14)21-18/h2-9,16,22H,10-11H2,1H3,(H,19,23)(H,20,21). The summed E-state index contributed by atoms with van der Waals surface area (Å²) in [6.07, 6.45) is -0.703. The largest absolute Gasteiger partial charge is 0.387 e. The zero-order valence-electron chi connectivity index (χ0n) is 13.3. The summed E-state index contributed by atoms with van der Waals surface area (Å²) in [7, 11) is 0. The van der Waals surface area contributed by atoms with Gasteiger partial charge in [0.05, 0.1) is 22.9 Å². The van der Waals surface area contributed by atoms with E-state index >= 15 is 0 Å². The van der Waals surface area contributed by atoms with Crippen LogP contribution in [0.5, 0.6) is 0 Å². The number of benzene rings is 2. The number of hydrogen-bond donors (Lipinski definition) is 3. The molecule has 0 aliphatic carbocycles. The van der Waals surface area contributed by atoms with Crippen molar-refractivity contribution in [1.82, 2.24) is 15.3 Å². The number of nitrogens with zero attached hydrogens (tertiary/aromatic N) is 1. The first-order valence-corrected chi connectivity index (χ1v) is 8.69. The number of carbonyl (C=O) groups is 1. The number of hydrogen-bond acceptors (Lipinski definition) is 4. The minimum absolute atomic E-state index is 0.133. The van der Waals surface area contributed by atoms with Gasteiger partial charge in [0.15, 0.2) is 5.16 Å². The molecule has 1 amide bonds. The maximum atomic E-state index is 11.9. The molecule has 5 nitrogen and oxygen atoms in total. The molecule has 6 heteroatoms. The highest BCUT2D eigenvalue weighted by Crippen LogP contribution is 2.19. The Kier molecular flexibility index (Phi) is 5.17. The minimum Gasteiger partial charge on any atom is -0.387 e. The predicted molar refractivity (Wildman–Crippen MR) is 96.0 cm³/mol. The van der Waals surface area contributed by atoms with E-state index in [0.29, 0.717) is 5.16 Å². The first-order valence-electron chi connectivity index (χ1n) is 7.71. The second kappa shape index (κ2) is 7.51. The van der Waals surface area contributed by atoms with Gasteiger partial charge in [-0.05, 0) is 24.6 Å². The van der Waals surface area contributed by atoms with Crippen molar-refractivity contribution in [2.24, 2.45) is 0 Å². The lowest BCUT2D eigenvalue weighted by molar-refractivity contribution is -0.119. The smallest absolute Gasteiger partial charge is 0.230 e. The number of H-pyrrole nitrogens is 1. The molecule has 124 valence electrons. The van der Waals surface area contributed by atoms with Crippen LogP contribution in [-0.2, 0) is 4.79 Å². The molecular formula is C18H19N3O2S. The topological polar surface area (TPSA) is 78.0 Å². The van der Waals surface area contributed by atoms with Gasteiger partial charge in [0.1, 0.15) is 0 Å². The van der Waals surface area contributed by atoms with E-state index in [1.54, 1.807) is 0 Å². The van der Waals surface area contributed by atoms with Crippen molar-refractivity contribution >= 4 is 28.7 Å². The van der Waals surface area contributed by atoms with Gasteiger partial charge >= 0.3 is 0 Å². The second-order valence-electron chi connectivity index (χ2n) is 5.58. The molecule has 3 rings (SSSR count). The van der Waals surface area contributed by atoms with Gasteiger partial charge in [-0.15, -0.1) is 0 Å². The van der Waals surface area contributed by atoms with Gasteiger partial charge in [-0.1, -0.05) is 53.7 Å². The van der Waals surface area contributed by atoms with Gasteiger partial charge in [-0.25, -0.2) is 4.98 Å². The van der Waals surface area contributed by atoms with Crippen LogP contribution in [0.15, 0.2) is 53.7 Å². The van der Waals surface area contributed by atoms with Gasteiger partial charge in [-0.3, -0.25) is 4.79 Å². The summed E-state index contributed by atoms with van der Waals surface area (Å²) in [5.41, 5.74) is 3.77. The molecule has 1 heterocycles. The molecule has 0 fully saturated rings. The molecule has 3 N–H and O–H groups in total. The van der Waals surface area contributed by atoms with Crippen molar-refractivity contribution in [3.8, 4) is 0 Å². The molecule has 1 atom stereocenters. The second-order valence-corrected chi connectivity index (χ2v) is 6.54. The number of para-hydroxylation sites is 2. The number of imidazole rings is 1. The Labute approximate surface area is 144 Å². The van der Waals surface area contributed by atoms with Crippen molar-refractivity contribution in [2.45, 2.75) is 18.2 Å². The van der Waals surface area contributed by atoms with Gasteiger partial charge in [-0.2, -0.15) is 0 Å². The van der Waals surface area contributed by atoms with Gasteiger partial charge in [0.25, 0.3) is 0 Å². The van der Waals surface area contributed by atoms with E-state index in [4.69, 9.17) is 0 Å². The fourth-order valence-corrected chi connectivity index (χ4v) is 3.01. The highest BCUT2D eigenvalue weighted by Gasteiger charge is 2.11. The van der Waals surface area contributed by atoms with Crippen molar-refractivity contribution < 1.29 is 9.90 Å². The third kappa shape index (κ3) is 4.15. The average Bonchev–Trinajstić information content (AvgIpc) is 3.01. The van der Waals surface area contributed by atoms with E-state index in [9.17, 15) is 9.90 Å². The lowest BCUT2D eigenvalue weighted by Crippen LogP contribution is -2.29. The number of aliphatic hydroxyl groups is 1. The number of amides is 1. The van der Waals surface area contributed by atoms with Crippen LogP contribution in [0, 0.1) is 6.92 Å². The Bertz CT molecular complexity index is 797. The number of carbonyl (C=O) groups excluding carboxylic acids is 1. The average molecular weight is 341 g/mol. The fourth-order valence-electron chi connectivity index (χ4n) is 2.30. The number of nitrogens with one attached hydrogen (secondary N) is 2. The van der Waals surface area contributed by atoms with Crippen molar-refractivity contribution in [1.29, 1.82) is 0 Å². The number of aromatic amines is 1. The third-order valence-electron chi connectivity index (χ3n) is 3.66.